The van der Waals surface area contributed by atoms with Gasteiger partial charge in [-0.3, -0.25) is 9.59 Å². The minimum atomic E-state index is -1.13. The Labute approximate surface area is 135 Å². The van der Waals surface area contributed by atoms with Crippen molar-refractivity contribution in [2.75, 3.05) is 26.4 Å². The van der Waals surface area contributed by atoms with Gasteiger partial charge in [-0.15, -0.1) is 0 Å². The molecule has 23 heavy (non-hydrogen) atoms. The molecule has 0 bridgehead atoms. The average Bonchev–Trinajstić information content (AvgIpc) is 2.49. The van der Waals surface area contributed by atoms with Crippen LogP contribution in [0, 0.1) is 11.3 Å². The van der Waals surface area contributed by atoms with Gasteiger partial charge in [-0.1, -0.05) is 6.92 Å². The van der Waals surface area contributed by atoms with Gasteiger partial charge in [0, 0.05) is 0 Å². The van der Waals surface area contributed by atoms with E-state index in [2.05, 4.69) is 0 Å². The van der Waals surface area contributed by atoms with E-state index in [0.29, 0.717) is 6.42 Å². The Morgan fingerprint density at radius 3 is 2.17 bits per heavy atom. The molecule has 2 atom stereocenters. The van der Waals surface area contributed by atoms with Crippen LogP contribution in [0.3, 0.4) is 0 Å². The Bertz CT molecular complexity index is 404. The first-order valence-electron chi connectivity index (χ1n) is 7.41. The lowest BCUT2D eigenvalue weighted by Gasteiger charge is -2.21. The minimum absolute atomic E-state index is 0.114. The fourth-order valence-corrected chi connectivity index (χ4v) is 1.18. The molecule has 0 radical (unpaired) electrons. The van der Waals surface area contributed by atoms with Crippen LogP contribution in [0.5, 0.6) is 0 Å². The Kier molecular flexibility index (Phi) is 9.43. The van der Waals surface area contributed by atoms with Crippen molar-refractivity contribution in [1.29, 1.82) is 0 Å². The molecule has 0 aromatic carbocycles. The summed E-state index contributed by atoms with van der Waals surface area (Å²) in [6, 6.07) is 0. The summed E-state index contributed by atoms with van der Waals surface area (Å²) in [6.07, 6.45) is -0.531. The van der Waals surface area contributed by atoms with Crippen LogP contribution in [-0.4, -0.2) is 60.7 Å². The van der Waals surface area contributed by atoms with Crippen LogP contribution in [0.25, 0.3) is 0 Å². The van der Waals surface area contributed by atoms with Crippen LogP contribution in [0.1, 0.15) is 34.1 Å². The maximum absolute atomic E-state index is 11.7. The summed E-state index contributed by atoms with van der Waals surface area (Å²) in [5.74, 6) is -2.92. The molecular weight excluding hydrogens is 308 g/mol. The summed E-state index contributed by atoms with van der Waals surface area (Å²) < 4.78 is 14.6. The summed E-state index contributed by atoms with van der Waals surface area (Å²) >= 11 is 0. The van der Waals surface area contributed by atoms with E-state index < -0.39 is 42.0 Å². The van der Waals surface area contributed by atoms with Gasteiger partial charge in [-0.2, -0.15) is 0 Å². The minimum Gasteiger partial charge on any atom is -0.481 e. The molecule has 0 spiro atoms. The Hall–Kier alpha value is -1.67. The average molecular weight is 334 g/mol. The number of aliphatic carboxylic acids is 1. The van der Waals surface area contributed by atoms with Gasteiger partial charge in [0.05, 0.1) is 17.9 Å². The fraction of sp³-hybridized carbons (Fsp3) is 0.800. The zero-order valence-corrected chi connectivity index (χ0v) is 14.0. The number of hydrogen-bond acceptors (Lipinski definition) is 7. The second-order valence-electron chi connectivity index (χ2n) is 5.93. The van der Waals surface area contributed by atoms with E-state index in [9.17, 15) is 19.5 Å². The summed E-state index contributed by atoms with van der Waals surface area (Å²) in [7, 11) is 0. The number of carbonyl (C=O) groups is 3. The number of rotatable bonds is 11. The smallest absolute Gasteiger partial charge is 0.332 e. The molecule has 0 heterocycles. The van der Waals surface area contributed by atoms with E-state index in [4.69, 9.17) is 19.3 Å². The van der Waals surface area contributed by atoms with Crippen molar-refractivity contribution < 1.29 is 38.8 Å². The van der Waals surface area contributed by atoms with Gasteiger partial charge >= 0.3 is 17.9 Å². The van der Waals surface area contributed by atoms with Crippen LogP contribution < -0.4 is 0 Å². The van der Waals surface area contributed by atoms with Gasteiger partial charge in [-0.05, 0) is 27.2 Å². The number of aliphatic hydroxyl groups is 1. The SMILES string of the molecule is CCC(C)(C)C(=O)OCC(O)COC(=O)COCC(C)C(=O)O. The van der Waals surface area contributed by atoms with Gasteiger partial charge < -0.3 is 24.4 Å². The third-order valence-corrected chi connectivity index (χ3v) is 3.29. The molecule has 2 unspecified atom stereocenters. The van der Waals surface area contributed by atoms with Gasteiger partial charge in [0.2, 0.25) is 0 Å². The van der Waals surface area contributed by atoms with Crippen molar-refractivity contribution in [2.24, 2.45) is 11.3 Å². The summed E-state index contributed by atoms with van der Waals surface area (Å²) in [4.78, 5) is 33.6. The molecule has 0 fully saturated rings. The van der Waals surface area contributed by atoms with E-state index in [1.54, 1.807) is 13.8 Å². The molecule has 0 rings (SSSR count). The Morgan fingerprint density at radius 2 is 1.65 bits per heavy atom. The third-order valence-electron chi connectivity index (χ3n) is 3.29. The molecule has 134 valence electrons. The quantitative estimate of drug-likeness (QED) is 0.527. The first-order valence-corrected chi connectivity index (χ1v) is 7.41. The molecule has 0 aliphatic carbocycles. The van der Waals surface area contributed by atoms with Crippen LogP contribution in [0.15, 0.2) is 0 Å². The lowest BCUT2D eigenvalue weighted by molar-refractivity contribution is -0.161. The van der Waals surface area contributed by atoms with Crippen LogP contribution in [0.4, 0.5) is 0 Å². The van der Waals surface area contributed by atoms with Gasteiger partial charge in [0.1, 0.15) is 25.9 Å². The maximum Gasteiger partial charge on any atom is 0.332 e. The Balaban J connectivity index is 3.88. The number of aliphatic hydroxyl groups excluding tert-OH is 1. The van der Waals surface area contributed by atoms with Gasteiger partial charge in [-0.25, -0.2) is 4.79 Å². The van der Waals surface area contributed by atoms with Gasteiger partial charge in [0.15, 0.2) is 0 Å². The molecule has 0 aromatic heterocycles. The molecule has 0 aromatic rings. The Morgan fingerprint density at radius 1 is 1.09 bits per heavy atom. The van der Waals surface area contributed by atoms with Crippen molar-refractivity contribution >= 4 is 17.9 Å². The van der Waals surface area contributed by atoms with E-state index in [1.165, 1.54) is 6.92 Å². The lowest BCUT2D eigenvalue weighted by atomic mass is 9.91. The fourth-order valence-electron chi connectivity index (χ4n) is 1.18. The molecule has 8 heteroatoms. The van der Waals surface area contributed by atoms with Crippen LogP contribution >= 0.6 is 0 Å². The summed E-state index contributed by atoms with van der Waals surface area (Å²) in [6.45, 7) is 5.63. The first-order chi connectivity index (χ1) is 10.6. The van der Waals surface area contributed by atoms with Crippen molar-refractivity contribution in [1.82, 2.24) is 0 Å². The molecule has 0 aliphatic heterocycles. The number of esters is 2. The number of carboxylic acid groups (broad SMARTS) is 1. The highest BCUT2D eigenvalue weighted by Crippen LogP contribution is 2.21. The van der Waals surface area contributed by atoms with Crippen molar-refractivity contribution in [2.45, 2.75) is 40.2 Å². The maximum atomic E-state index is 11.7. The zero-order chi connectivity index (χ0) is 18.0. The summed E-state index contributed by atoms with van der Waals surface area (Å²) in [5, 5.41) is 18.2. The second kappa shape index (κ2) is 10.2. The number of carbonyl (C=O) groups excluding carboxylic acids is 2. The monoisotopic (exact) mass is 334 g/mol. The second-order valence-corrected chi connectivity index (χ2v) is 5.93. The van der Waals surface area contributed by atoms with Crippen LogP contribution in [-0.2, 0) is 28.6 Å². The molecule has 0 saturated heterocycles. The molecule has 0 amide bonds. The van der Waals surface area contributed by atoms with E-state index >= 15 is 0 Å². The summed E-state index contributed by atoms with van der Waals surface area (Å²) in [5.41, 5.74) is -0.634. The molecule has 2 N–H and O–H groups in total. The van der Waals surface area contributed by atoms with E-state index in [-0.39, 0.29) is 19.8 Å². The van der Waals surface area contributed by atoms with Crippen molar-refractivity contribution in [3.63, 3.8) is 0 Å². The number of ether oxygens (including phenoxy) is 3. The highest BCUT2D eigenvalue weighted by molar-refractivity contribution is 5.75. The normalized spacial score (nSPS) is 14.0. The standard InChI is InChI=1S/C15H26O8/c1-5-15(3,4)14(20)23-8-11(16)7-22-12(17)9-21-6-10(2)13(18)19/h10-11,16H,5-9H2,1-4H3,(H,18,19). The molecular formula is C15H26O8. The molecule has 0 aliphatic rings. The van der Waals surface area contributed by atoms with Crippen LogP contribution in [0.2, 0.25) is 0 Å². The van der Waals surface area contributed by atoms with E-state index in [1.807, 2.05) is 6.92 Å². The first kappa shape index (κ1) is 21.3. The van der Waals surface area contributed by atoms with Gasteiger partial charge in [0.25, 0.3) is 0 Å². The lowest BCUT2D eigenvalue weighted by Crippen LogP contribution is -2.31. The third kappa shape index (κ3) is 9.14. The number of carboxylic acids is 1. The van der Waals surface area contributed by atoms with Crippen molar-refractivity contribution in [3.05, 3.63) is 0 Å². The predicted molar refractivity (Wildman–Crippen MR) is 79.6 cm³/mol. The molecule has 0 saturated carbocycles. The van der Waals surface area contributed by atoms with Crippen molar-refractivity contribution in [3.8, 4) is 0 Å². The highest BCUT2D eigenvalue weighted by atomic mass is 16.6. The zero-order valence-electron chi connectivity index (χ0n) is 14.0. The topological polar surface area (TPSA) is 119 Å². The largest absolute Gasteiger partial charge is 0.481 e. The highest BCUT2D eigenvalue weighted by Gasteiger charge is 2.27. The van der Waals surface area contributed by atoms with E-state index in [0.717, 1.165) is 0 Å². The molecule has 8 nitrogen and oxygen atoms in total. The predicted octanol–water partition coefficient (Wildman–Crippen LogP) is 0.607. The number of hydrogen-bond donors (Lipinski definition) is 2.